The molecule has 3 aromatic carbocycles. The molecule has 2 heterocycles. The van der Waals surface area contributed by atoms with Gasteiger partial charge in [0.2, 0.25) is 5.91 Å². The third-order valence-electron chi connectivity index (χ3n) is 7.13. The normalized spacial score (nSPS) is 15.5. The third-order valence-corrected chi connectivity index (χ3v) is 8.48. The fourth-order valence-corrected chi connectivity index (χ4v) is 5.76. The van der Waals surface area contributed by atoms with Crippen molar-refractivity contribution in [3.05, 3.63) is 99.8 Å². The van der Waals surface area contributed by atoms with Crippen LogP contribution in [-0.2, 0) is 16.1 Å². The van der Waals surface area contributed by atoms with Crippen LogP contribution in [0.2, 0.25) is 0 Å². The van der Waals surface area contributed by atoms with Crippen LogP contribution in [0.3, 0.4) is 0 Å². The monoisotopic (exact) mass is 570 g/mol. The van der Waals surface area contributed by atoms with Crippen molar-refractivity contribution in [2.45, 2.75) is 56.2 Å². The van der Waals surface area contributed by atoms with Crippen LogP contribution in [-0.4, -0.2) is 45.9 Å². The smallest absolute Gasteiger partial charge is 0.262 e. The van der Waals surface area contributed by atoms with Crippen LogP contribution in [0.25, 0.3) is 10.9 Å². The molecule has 1 saturated heterocycles. The number of carbonyl (C=O) groups is 2. The summed E-state index contributed by atoms with van der Waals surface area (Å²) in [6, 6.07) is 22.1. The van der Waals surface area contributed by atoms with Gasteiger partial charge < -0.3 is 15.4 Å². The van der Waals surface area contributed by atoms with Gasteiger partial charge in [0.1, 0.15) is 0 Å². The average Bonchev–Trinajstić information content (AvgIpc) is 3.52. The molecule has 1 aliphatic heterocycles. The Kier molecular flexibility index (Phi) is 9.16. The number of para-hydroxylation sites is 1. The summed E-state index contributed by atoms with van der Waals surface area (Å²) in [5.41, 5.74) is 3.64. The zero-order valence-corrected chi connectivity index (χ0v) is 24.1. The van der Waals surface area contributed by atoms with Crippen LogP contribution in [0.1, 0.15) is 47.7 Å². The predicted octanol–water partition coefficient (Wildman–Crippen LogP) is 5.17. The molecule has 2 N–H and O–H groups in total. The Bertz CT molecular complexity index is 1580. The highest BCUT2D eigenvalue weighted by molar-refractivity contribution is 8.00. The van der Waals surface area contributed by atoms with E-state index in [2.05, 4.69) is 10.6 Å². The maximum Gasteiger partial charge on any atom is 0.262 e. The van der Waals surface area contributed by atoms with Crippen molar-refractivity contribution in [1.29, 1.82) is 0 Å². The summed E-state index contributed by atoms with van der Waals surface area (Å²) in [6.45, 7) is 5.44. The lowest BCUT2D eigenvalue weighted by molar-refractivity contribution is -0.115. The summed E-state index contributed by atoms with van der Waals surface area (Å²) in [4.78, 5) is 44.2. The average molecular weight is 571 g/mol. The van der Waals surface area contributed by atoms with Crippen LogP contribution >= 0.6 is 11.8 Å². The first kappa shape index (κ1) is 28.6. The van der Waals surface area contributed by atoms with Gasteiger partial charge in [0.25, 0.3) is 11.5 Å². The molecule has 2 atom stereocenters. The van der Waals surface area contributed by atoms with E-state index in [1.165, 1.54) is 11.8 Å². The Morgan fingerprint density at radius 3 is 2.54 bits per heavy atom. The number of hydrogen-bond acceptors (Lipinski definition) is 6. The van der Waals surface area contributed by atoms with Gasteiger partial charge >= 0.3 is 0 Å². The first-order valence-corrected chi connectivity index (χ1v) is 14.8. The van der Waals surface area contributed by atoms with E-state index in [4.69, 9.17) is 9.72 Å². The molecule has 9 heteroatoms. The highest BCUT2D eigenvalue weighted by Gasteiger charge is 2.23. The van der Waals surface area contributed by atoms with E-state index in [1.807, 2.05) is 68.4 Å². The number of aryl methyl sites for hydroxylation is 1. The standard InChI is InChI=1S/C32H34N4O4S/c1-3-28(30(38)34-24-16-10-21(2)11-17-24)41-32-35-27-9-5-4-8-26(27)31(39)36(32)20-22-12-14-23(15-13-22)29(37)33-19-25-7-6-18-40-25/h4-5,8-17,25,28H,3,6-7,18-20H2,1-2H3,(H,33,37)(H,34,38)/t25-,28-/m0/s1. The molecule has 0 aliphatic carbocycles. The lowest BCUT2D eigenvalue weighted by Gasteiger charge is -2.18. The Morgan fingerprint density at radius 2 is 1.83 bits per heavy atom. The summed E-state index contributed by atoms with van der Waals surface area (Å²) in [5.74, 6) is -0.299. The van der Waals surface area contributed by atoms with Crippen LogP contribution in [0.5, 0.6) is 0 Å². The molecule has 0 radical (unpaired) electrons. The van der Waals surface area contributed by atoms with Crippen LogP contribution in [0.15, 0.2) is 82.7 Å². The van der Waals surface area contributed by atoms with Crippen LogP contribution in [0, 0.1) is 6.92 Å². The Labute approximate surface area is 243 Å². The van der Waals surface area contributed by atoms with Crippen molar-refractivity contribution in [2.24, 2.45) is 0 Å². The van der Waals surface area contributed by atoms with Gasteiger partial charge in [-0.3, -0.25) is 19.0 Å². The minimum Gasteiger partial charge on any atom is -0.376 e. The van der Waals surface area contributed by atoms with Crippen molar-refractivity contribution in [3.63, 3.8) is 0 Å². The van der Waals surface area contributed by atoms with Gasteiger partial charge in [-0.15, -0.1) is 0 Å². The third kappa shape index (κ3) is 7.04. The first-order chi connectivity index (χ1) is 19.9. The second kappa shape index (κ2) is 13.1. The quantitative estimate of drug-likeness (QED) is 0.201. The molecular formula is C32H34N4O4S. The van der Waals surface area contributed by atoms with E-state index in [-0.39, 0.29) is 30.0 Å². The van der Waals surface area contributed by atoms with Crippen molar-refractivity contribution in [3.8, 4) is 0 Å². The fourth-order valence-electron chi connectivity index (χ4n) is 4.74. The van der Waals surface area contributed by atoms with Gasteiger partial charge in [0, 0.05) is 24.4 Å². The second-order valence-electron chi connectivity index (χ2n) is 10.2. The molecule has 5 rings (SSSR count). The number of ether oxygens (including phenoxy) is 1. The Morgan fingerprint density at radius 1 is 1.07 bits per heavy atom. The van der Waals surface area contributed by atoms with Gasteiger partial charge in [-0.2, -0.15) is 0 Å². The van der Waals surface area contributed by atoms with E-state index < -0.39 is 5.25 Å². The summed E-state index contributed by atoms with van der Waals surface area (Å²) >= 11 is 1.28. The highest BCUT2D eigenvalue weighted by atomic mass is 32.2. The zero-order valence-electron chi connectivity index (χ0n) is 23.3. The van der Waals surface area contributed by atoms with E-state index in [0.717, 1.165) is 36.3 Å². The van der Waals surface area contributed by atoms with Crippen molar-refractivity contribution < 1.29 is 14.3 Å². The molecule has 41 heavy (non-hydrogen) atoms. The number of thioether (sulfide) groups is 1. The number of hydrogen-bond donors (Lipinski definition) is 2. The molecule has 1 aromatic heterocycles. The largest absolute Gasteiger partial charge is 0.376 e. The summed E-state index contributed by atoms with van der Waals surface area (Å²) in [6.07, 6.45) is 2.61. The summed E-state index contributed by atoms with van der Waals surface area (Å²) in [7, 11) is 0. The van der Waals surface area contributed by atoms with Gasteiger partial charge in [-0.25, -0.2) is 4.98 Å². The van der Waals surface area contributed by atoms with Gasteiger partial charge in [-0.1, -0.05) is 60.6 Å². The molecule has 1 fully saturated rings. The Hall–Kier alpha value is -3.95. The van der Waals surface area contributed by atoms with Crippen LogP contribution in [0.4, 0.5) is 5.69 Å². The van der Waals surface area contributed by atoms with Crippen molar-refractivity contribution in [2.75, 3.05) is 18.5 Å². The molecule has 8 nitrogen and oxygen atoms in total. The lowest BCUT2D eigenvalue weighted by atomic mass is 10.1. The number of benzene rings is 3. The molecule has 0 spiro atoms. The van der Waals surface area contributed by atoms with E-state index in [9.17, 15) is 14.4 Å². The van der Waals surface area contributed by atoms with Gasteiger partial charge in [-0.05, 0) is 68.1 Å². The van der Waals surface area contributed by atoms with Gasteiger partial charge in [0.05, 0.1) is 28.8 Å². The number of rotatable bonds is 10. The molecule has 2 amide bonds. The molecule has 1 aliphatic rings. The second-order valence-corrected chi connectivity index (χ2v) is 11.4. The molecule has 0 bridgehead atoms. The Balaban J connectivity index is 1.36. The SMILES string of the molecule is CC[C@H](Sc1nc2ccccc2c(=O)n1Cc1ccc(C(=O)NC[C@@H]2CCCO2)cc1)C(=O)Nc1ccc(C)cc1. The molecule has 4 aromatic rings. The number of nitrogens with one attached hydrogen (secondary N) is 2. The van der Waals surface area contributed by atoms with E-state index >= 15 is 0 Å². The van der Waals surface area contributed by atoms with E-state index in [0.29, 0.717) is 34.6 Å². The maximum atomic E-state index is 13.6. The summed E-state index contributed by atoms with van der Waals surface area (Å²) < 4.78 is 7.19. The first-order valence-electron chi connectivity index (χ1n) is 13.9. The number of fused-ring (bicyclic) bond motifs is 1. The zero-order chi connectivity index (χ0) is 28.8. The number of anilines is 1. The number of amides is 2. The summed E-state index contributed by atoms with van der Waals surface area (Å²) in [5, 5.41) is 6.45. The molecule has 212 valence electrons. The van der Waals surface area contributed by atoms with Crippen molar-refractivity contribution >= 4 is 40.2 Å². The minimum absolute atomic E-state index is 0.0762. The number of nitrogens with zero attached hydrogens (tertiary/aromatic N) is 2. The topological polar surface area (TPSA) is 102 Å². The minimum atomic E-state index is -0.453. The predicted molar refractivity (Wildman–Crippen MR) is 163 cm³/mol. The lowest BCUT2D eigenvalue weighted by Crippen LogP contribution is -2.31. The van der Waals surface area contributed by atoms with Crippen molar-refractivity contribution in [1.82, 2.24) is 14.9 Å². The van der Waals surface area contributed by atoms with E-state index in [1.54, 1.807) is 22.8 Å². The molecule has 0 unspecified atom stereocenters. The molecular weight excluding hydrogens is 536 g/mol. The molecule has 0 saturated carbocycles. The number of aromatic nitrogens is 2. The fraction of sp³-hybridized carbons (Fsp3) is 0.312. The van der Waals surface area contributed by atoms with Gasteiger partial charge in [0.15, 0.2) is 5.16 Å². The van der Waals surface area contributed by atoms with Crippen LogP contribution < -0.4 is 16.2 Å². The maximum absolute atomic E-state index is 13.6. The highest BCUT2D eigenvalue weighted by Crippen LogP contribution is 2.27. The number of carbonyl (C=O) groups excluding carboxylic acids is 2.